The third kappa shape index (κ3) is 5.56. The van der Waals surface area contributed by atoms with E-state index in [0.717, 1.165) is 14.3 Å². The first-order valence-corrected chi connectivity index (χ1v) is 12.3. The first kappa shape index (κ1) is 24.4. The summed E-state index contributed by atoms with van der Waals surface area (Å²) in [6.45, 7) is 1.27. The molecule has 32 heavy (non-hydrogen) atoms. The Labute approximate surface area is 205 Å². The molecule has 0 aromatic heterocycles. The van der Waals surface area contributed by atoms with Crippen molar-refractivity contribution in [3.05, 3.63) is 80.7 Å². The van der Waals surface area contributed by atoms with Crippen molar-refractivity contribution in [1.82, 2.24) is 0 Å². The number of hydrogen-bond donors (Lipinski definition) is 1. The molecular weight excluding hydrogens is 539 g/mol. The fourth-order valence-corrected chi connectivity index (χ4v) is 5.14. The molecule has 0 heterocycles. The van der Waals surface area contributed by atoms with E-state index in [1.807, 2.05) is 0 Å². The van der Waals surface area contributed by atoms with Crippen molar-refractivity contribution in [2.45, 2.75) is 11.8 Å². The Balaban J connectivity index is 2.04. The summed E-state index contributed by atoms with van der Waals surface area (Å²) in [6, 6.07) is 16.1. The smallest absolute Gasteiger partial charge is 0.268 e. The minimum atomic E-state index is -4.20. The van der Waals surface area contributed by atoms with Crippen molar-refractivity contribution in [3.8, 4) is 5.75 Å². The van der Waals surface area contributed by atoms with Crippen LogP contribution in [0.4, 0.5) is 11.4 Å². The monoisotopic (exact) mass is 556 g/mol. The number of nitrogens with zero attached hydrogens (tertiary/aromatic N) is 1. The summed E-state index contributed by atoms with van der Waals surface area (Å²) in [7, 11) is -2.82. The number of nitrogens with one attached hydrogen (secondary N) is 1. The molecule has 1 amide bonds. The maximum Gasteiger partial charge on any atom is 0.268 e. The van der Waals surface area contributed by atoms with E-state index >= 15 is 0 Å². The van der Waals surface area contributed by atoms with Crippen molar-refractivity contribution in [3.63, 3.8) is 0 Å². The second-order valence-electron chi connectivity index (χ2n) is 6.82. The van der Waals surface area contributed by atoms with Crippen molar-refractivity contribution < 1.29 is 17.9 Å². The average molecular weight is 558 g/mol. The Bertz CT molecular complexity index is 1250. The molecule has 3 rings (SSSR count). The molecule has 0 aliphatic carbocycles. The van der Waals surface area contributed by atoms with Gasteiger partial charge in [0.25, 0.3) is 10.0 Å². The minimum Gasteiger partial charge on any atom is -0.495 e. The van der Waals surface area contributed by atoms with Gasteiger partial charge in [-0.25, -0.2) is 8.42 Å². The molecular formula is C22H19BrCl2N2O4S. The zero-order valence-electron chi connectivity index (χ0n) is 17.1. The normalized spacial score (nSPS) is 11.2. The summed E-state index contributed by atoms with van der Waals surface area (Å²) in [5.74, 6) is -0.373. The van der Waals surface area contributed by atoms with Crippen LogP contribution in [-0.4, -0.2) is 28.0 Å². The summed E-state index contributed by atoms with van der Waals surface area (Å²) >= 11 is 15.5. The van der Waals surface area contributed by atoms with E-state index in [1.165, 1.54) is 31.4 Å². The van der Waals surface area contributed by atoms with Gasteiger partial charge < -0.3 is 10.1 Å². The fraction of sp³-hybridized carbons (Fsp3) is 0.136. The van der Waals surface area contributed by atoms with E-state index in [-0.39, 0.29) is 26.4 Å². The molecule has 0 aliphatic heterocycles. The van der Waals surface area contributed by atoms with Gasteiger partial charge in [-0.1, -0.05) is 45.2 Å². The molecule has 0 saturated carbocycles. The van der Waals surface area contributed by atoms with Crippen LogP contribution in [0.3, 0.4) is 0 Å². The van der Waals surface area contributed by atoms with E-state index < -0.39 is 22.5 Å². The van der Waals surface area contributed by atoms with Crippen molar-refractivity contribution in [2.75, 3.05) is 23.3 Å². The van der Waals surface area contributed by atoms with Crippen molar-refractivity contribution in [1.29, 1.82) is 0 Å². The summed E-state index contributed by atoms with van der Waals surface area (Å²) in [6.07, 6.45) is 0. The molecule has 0 unspecified atom stereocenters. The number of benzene rings is 3. The maximum atomic E-state index is 13.7. The molecule has 0 saturated heterocycles. The Hall–Kier alpha value is -2.26. The van der Waals surface area contributed by atoms with Crippen molar-refractivity contribution >= 4 is 66.4 Å². The lowest BCUT2D eigenvalue weighted by atomic mass is 10.2. The zero-order chi connectivity index (χ0) is 23.5. The van der Waals surface area contributed by atoms with E-state index in [9.17, 15) is 13.2 Å². The number of ether oxygens (including phenoxy) is 1. The van der Waals surface area contributed by atoms with Crippen LogP contribution in [0, 0.1) is 6.92 Å². The number of anilines is 2. The molecule has 0 fully saturated rings. The van der Waals surface area contributed by atoms with Crippen LogP contribution in [-0.2, 0) is 14.8 Å². The Kier molecular flexibility index (Phi) is 7.71. The standard InChI is InChI=1S/C22H19BrCl2N2O4S/c1-14-3-10-20(31-2)21(11-14)32(29,30)27(17-8-9-18(24)19(25)12-17)13-22(28)26-16-6-4-15(23)5-7-16/h3-12H,13H2,1-2H3,(H,26,28). The van der Waals surface area contributed by atoms with E-state index in [2.05, 4.69) is 21.2 Å². The Morgan fingerprint density at radius 2 is 1.72 bits per heavy atom. The molecule has 0 atom stereocenters. The quantitative estimate of drug-likeness (QED) is 0.392. The predicted molar refractivity (Wildman–Crippen MR) is 131 cm³/mol. The maximum absolute atomic E-state index is 13.7. The lowest BCUT2D eigenvalue weighted by Gasteiger charge is -2.25. The summed E-state index contributed by atoms with van der Waals surface area (Å²) in [5.41, 5.74) is 1.43. The van der Waals surface area contributed by atoms with Gasteiger partial charge in [0.05, 0.1) is 22.8 Å². The first-order chi connectivity index (χ1) is 15.1. The van der Waals surface area contributed by atoms with Gasteiger partial charge in [0, 0.05) is 10.2 Å². The van der Waals surface area contributed by atoms with Gasteiger partial charge in [0.15, 0.2) is 0 Å². The number of amides is 1. The largest absolute Gasteiger partial charge is 0.495 e. The van der Waals surface area contributed by atoms with Gasteiger partial charge in [0.1, 0.15) is 17.2 Å². The van der Waals surface area contributed by atoms with Crippen LogP contribution in [0.25, 0.3) is 0 Å². The van der Waals surface area contributed by atoms with Gasteiger partial charge in [-0.2, -0.15) is 0 Å². The van der Waals surface area contributed by atoms with Crippen LogP contribution >= 0.6 is 39.1 Å². The number of carbonyl (C=O) groups excluding carboxylic acids is 1. The Morgan fingerprint density at radius 1 is 1.03 bits per heavy atom. The average Bonchev–Trinajstić information content (AvgIpc) is 2.75. The fourth-order valence-electron chi connectivity index (χ4n) is 2.92. The number of rotatable bonds is 7. The zero-order valence-corrected chi connectivity index (χ0v) is 21.0. The highest BCUT2D eigenvalue weighted by molar-refractivity contribution is 9.10. The van der Waals surface area contributed by atoms with Gasteiger partial charge in [-0.3, -0.25) is 9.10 Å². The third-order valence-corrected chi connectivity index (χ3v) is 7.56. The second kappa shape index (κ2) is 10.1. The molecule has 3 aromatic rings. The van der Waals surface area contributed by atoms with Crippen LogP contribution in [0.5, 0.6) is 5.75 Å². The number of halogens is 3. The number of carbonyl (C=O) groups is 1. The number of sulfonamides is 1. The molecule has 6 nitrogen and oxygen atoms in total. The third-order valence-electron chi connectivity index (χ3n) is 4.49. The van der Waals surface area contributed by atoms with Gasteiger partial charge in [-0.15, -0.1) is 0 Å². The van der Waals surface area contributed by atoms with E-state index in [1.54, 1.807) is 43.3 Å². The predicted octanol–water partition coefficient (Wildman–Crippen LogP) is 5.91. The molecule has 3 aromatic carbocycles. The second-order valence-corrected chi connectivity index (χ2v) is 10.4. The minimum absolute atomic E-state index is 0.0671. The molecule has 0 radical (unpaired) electrons. The van der Waals surface area contributed by atoms with Gasteiger partial charge in [0.2, 0.25) is 5.91 Å². The van der Waals surface area contributed by atoms with Crippen LogP contribution in [0.1, 0.15) is 5.56 Å². The van der Waals surface area contributed by atoms with E-state index in [4.69, 9.17) is 27.9 Å². The van der Waals surface area contributed by atoms with Gasteiger partial charge >= 0.3 is 0 Å². The van der Waals surface area contributed by atoms with Crippen LogP contribution in [0.15, 0.2) is 70.0 Å². The Morgan fingerprint density at radius 3 is 2.34 bits per heavy atom. The van der Waals surface area contributed by atoms with E-state index in [0.29, 0.717) is 5.69 Å². The topological polar surface area (TPSA) is 75.7 Å². The number of aryl methyl sites for hydroxylation is 1. The summed E-state index contributed by atoms with van der Waals surface area (Å²) in [4.78, 5) is 12.7. The summed E-state index contributed by atoms with van der Waals surface area (Å²) < 4.78 is 34.4. The molecule has 1 N–H and O–H groups in total. The van der Waals surface area contributed by atoms with Crippen LogP contribution in [0.2, 0.25) is 10.0 Å². The summed E-state index contributed by atoms with van der Waals surface area (Å²) in [5, 5.41) is 3.13. The highest BCUT2D eigenvalue weighted by Crippen LogP contribution is 2.33. The lowest BCUT2D eigenvalue weighted by Crippen LogP contribution is -2.38. The molecule has 10 heteroatoms. The van der Waals surface area contributed by atoms with Crippen LogP contribution < -0.4 is 14.4 Å². The molecule has 0 spiro atoms. The SMILES string of the molecule is COc1ccc(C)cc1S(=O)(=O)N(CC(=O)Nc1ccc(Br)cc1)c1ccc(Cl)c(Cl)c1. The highest BCUT2D eigenvalue weighted by Gasteiger charge is 2.30. The number of hydrogen-bond acceptors (Lipinski definition) is 4. The number of methoxy groups -OCH3 is 1. The van der Waals surface area contributed by atoms with Gasteiger partial charge in [-0.05, 0) is 67.1 Å². The lowest BCUT2D eigenvalue weighted by molar-refractivity contribution is -0.114. The molecule has 0 aliphatic rings. The molecule has 168 valence electrons. The molecule has 0 bridgehead atoms. The highest BCUT2D eigenvalue weighted by atomic mass is 79.9. The first-order valence-electron chi connectivity index (χ1n) is 9.29. The van der Waals surface area contributed by atoms with Crippen molar-refractivity contribution in [2.24, 2.45) is 0 Å².